The Hall–Kier alpha value is -2.29. The summed E-state index contributed by atoms with van der Waals surface area (Å²) in [4.78, 5) is 15.3. The van der Waals surface area contributed by atoms with Crippen molar-refractivity contribution in [2.45, 2.75) is 12.5 Å². The summed E-state index contributed by atoms with van der Waals surface area (Å²) in [5.41, 5.74) is 2.14. The van der Waals surface area contributed by atoms with E-state index in [0.29, 0.717) is 5.11 Å². The van der Waals surface area contributed by atoms with Crippen molar-refractivity contribution < 1.29 is 4.92 Å². The molecule has 0 spiro atoms. The highest BCUT2D eigenvalue weighted by Gasteiger charge is 2.31. The van der Waals surface area contributed by atoms with Gasteiger partial charge in [-0.05, 0) is 59.2 Å². The van der Waals surface area contributed by atoms with E-state index >= 15 is 0 Å². The molecule has 5 nitrogen and oxygen atoms in total. The molecular formula is C18H15N3O2S3. The highest BCUT2D eigenvalue weighted by molar-refractivity contribution is 7.80. The quantitative estimate of drug-likeness (QED) is 0.378. The number of hydrogen-bond acceptors (Lipinski definition) is 5. The van der Waals surface area contributed by atoms with Crippen LogP contribution in [0.2, 0.25) is 0 Å². The highest BCUT2D eigenvalue weighted by atomic mass is 32.1. The number of hydrogen-bond donors (Lipinski definition) is 1. The molecule has 132 valence electrons. The zero-order chi connectivity index (χ0) is 18.1. The third kappa shape index (κ3) is 3.23. The minimum absolute atomic E-state index is 0.0683. The zero-order valence-electron chi connectivity index (χ0n) is 13.6. The average molecular weight is 402 g/mol. The van der Waals surface area contributed by atoms with E-state index in [0.717, 1.165) is 18.7 Å². The molecule has 3 heterocycles. The Balaban J connectivity index is 1.59. The van der Waals surface area contributed by atoms with Crippen LogP contribution in [0.3, 0.4) is 0 Å². The molecule has 8 heteroatoms. The summed E-state index contributed by atoms with van der Waals surface area (Å²) < 4.78 is 0. The molecule has 0 saturated carbocycles. The molecule has 0 fully saturated rings. The first-order valence-electron chi connectivity index (χ1n) is 8.05. The third-order valence-corrected chi connectivity index (χ3v) is 6.63. The van der Waals surface area contributed by atoms with Gasteiger partial charge in [-0.15, -0.1) is 22.7 Å². The maximum absolute atomic E-state index is 10.8. The standard InChI is InChI=1S/C18H15N3O2S3/c22-21(23)13-5-3-12(4-6-13)19-18(24)20-9-7-15-14(8-11-26-15)17(20)16-2-1-10-25-16/h1-6,8,10-11,17H,7,9H2,(H,19,24)/t17-/m1/s1. The lowest BCUT2D eigenvalue weighted by atomic mass is 9.99. The van der Waals surface area contributed by atoms with E-state index in [1.54, 1.807) is 34.8 Å². The van der Waals surface area contributed by atoms with E-state index in [-0.39, 0.29) is 11.7 Å². The topological polar surface area (TPSA) is 58.4 Å². The van der Waals surface area contributed by atoms with Gasteiger partial charge in [0.15, 0.2) is 5.11 Å². The van der Waals surface area contributed by atoms with Crippen LogP contribution in [0.1, 0.15) is 21.4 Å². The van der Waals surface area contributed by atoms with E-state index in [4.69, 9.17) is 12.2 Å². The lowest BCUT2D eigenvalue weighted by molar-refractivity contribution is -0.384. The van der Waals surface area contributed by atoms with Crippen LogP contribution in [0, 0.1) is 10.1 Å². The number of fused-ring (bicyclic) bond motifs is 1. The summed E-state index contributed by atoms with van der Waals surface area (Å²) >= 11 is 9.21. The normalized spacial score (nSPS) is 16.2. The fraction of sp³-hybridized carbons (Fsp3) is 0.167. The van der Waals surface area contributed by atoms with Gasteiger partial charge in [0.1, 0.15) is 0 Å². The summed E-state index contributed by atoms with van der Waals surface area (Å²) in [7, 11) is 0. The van der Waals surface area contributed by atoms with Gasteiger partial charge < -0.3 is 10.2 Å². The molecule has 0 bridgehead atoms. The molecule has 1 aliphatic rings. The summed E-state index contributed by atoms with van der Waals surface area (Å²) in [5.74, 6) is 0. The number of benzene rings is 1. The van der Waals surface area contributed by atoms with Gasteiger partial charge in [-0.25, -0.2) is 0 Å². The van der Waals surface area contributed by atoms with Crippen molar-refractivity contribution in [2.75, 3.05) is 11.9 Å². The van der Waals surface area contributed by atoms with Crippen molar-refractivity contribution in [3.05, 3.63) is 78.7 Å². The van der Waals surface area contributed by atoms with Crippen LogP contribution in [0.25, 0.3) is 0 Å². The number of nitrogens with one attached hydrogen (secondary N) is 1. The summed E-state index contributed by atoms with van der Waals surface area (Å²) in [6.45, 7) is 0.842. The number of non-ortho nitro benzene ring substituents is 1. The fourth-order valence-electron chi connectivity index (χ4n) is 3.15. The molecule has 1 aromatic carbocycles. The first kappa shape index (κ1) is 17.1. The molecule has 4 rings (SSSR count). The van der Waals surface area contributed by atoms with Crippen LogP contribution in [0.15, 0.2) is 53.2 Å². The number of nitrogens with zero attached hydrogens (tertiary/aromatic N) is 2. The van der Waals surface area contributed by atoms with Crippen LogP contribution in [0.4, 0.5) is 11.4 Å². The van der Waals surface area contributed by atoms with Gasteiger partial charge in [-0.1, -0.05) is 6.07 Å². The maximum Gasteiger partial charge on any atom is 0.269 e. The molecular weight excluding hydrogens is 386 g/mol. The summed E-state index contributed by atoms with van der Waals surface area (Å²) in [5, 5.41) is 18.9. The largest absolute Gasteiger partial charge is 0.337 e. The van der Waals surface area contributed by atoms with Gasteiger partial charge in [0.2, 0.25) is 0 Å². The number of thiophene rings is 2. The Bertz CT molecular complexity index is 935. The number of anilines is 1. The first-order chi connectivity index (χ1) is 12.6. The van der Waals surface area contributed by atoms with Gasteiger partial charge in [-0.2, -0.15) is 0 Å². The van der Waals surface area contributed by atoms with Crippen molar-refractivity contribution in [1.29, 1.82) is 0 Å². The molecule has 0 radical (unpaired) electrons. The van der Waals surface area contributed by atoms with Crippen molar-refractivity contribution in [2.24, 2.45) is 0 Å². The smallest absolute Gasteiger partial charge is 0.269 e. The van der Waals surface area contributed by atoms with E-state index in [1.807, 2.05) is 0 Å². The Morgan fingerprint density at radius 3 is 2.69 bits per heavy atom. The Morgan fingerprint density at radius 1 is 1.19 bits per heavy atom. The predicted molar refractivity (Wildman–Crippen MR) is 110 cm³/mol. The predicted octanol–water partition coefficient (Wildman–Crippen LogP) is 5.06. The molecule has 0 saturated heterocycles. The van der Waals surface area contributed by atoms with Gasteiger partial charge in [0.05, 0.1) is 11.0 Å². The second-order valence-corrected chi connectivity index (χ2v) is 8.26. The maximum atomic E-state index is 10.8. The van der Waals surface area contributed by atoms with Crippen molar-refractivity contribution >= 4 is 51.4 Å². The molecule has 0 unspecified atom stereocenters. The number of rotatable bonds is 3. The van der Waals surface area contributed by atoms with E-state index in [9.17, 15) is 10.1 Å². The molecule has 26 heavy (non-hydrogen) atoms. The van der Waals surface area contributed by atoms with Crippen molar-refractivity contribution in [3.63, 3.8) is 0 Å². The second kappa shape index (κ2) is 7.14. The van der Waals surface area contributed by atoms with Crippen LogP contribution in [-0.2, 0) is 6.42 Å². The molecule has 0 amide bonds. The molecule has 3 aromatic rings. The molecule has 0 aliphatic carbocycles. The number of nitro benzene ring substituents is 1. The van der Waals surface area contributed by atoms with Crippen LogP contribution >= 0.6 is 34.9 Å². The Morgan fingerprint density at radius 2 is 2.00 bits per heavy atom. The van der Waals surface area contributed by atoms with Crippen LogP contribution in [0.5, 0.6) is 0 Å². The monoisotopic (exact) mass is 401 g/mol. The van der Waals surface area contributed by atoms with Crippen molar-refractivity contribution in [1.82, 2.24) is 4.90 Å². The summed E-state index contributed by atoms with van der Waals surface area (Å²) in [6, 6.07) is 12.8. The van der Waals surface area contributed by atoms with E-state index < -0.39 is 4.92 Å². The van der Waals surface area contributed by atoms with Gasteiger partial charge >= 0.3 is 0 Å². The average Bonchev–Trinajstić information content (AvgIpc) is 3.32. The SMILES string of the molecule is O=[N+]([O-])c1ccc(NC(=S)N2CCc3sccc3[C@@H]2c2cccs2)cc1. The number of nitro groups is 1. The van der Waals surface area contributed by atoms with Gasteiger partial charge in [0, 0.05) is 34.1 Å². The Kier molecular flexibility index (Phi) is 4.71. The highest BCUT2D eigenvalue weighted by Crippen LogP contribution is 2.39. The lowest BCUT2D eigenvalue weighted by Crippen LogP contribution is -2.42. The van der Waals surface area contributed by atoms with Gasteiger partial charge in [0.25, 0.3) is 5.69 Å². The lowest BCUT2D eigenvalue weighted by Gasteiger charge is -2.37. The minimum Gasteiger partial charge on any atom is -0.337 e. The second-order valence-electron chi connectivity index (χ2n) is 5.89. The summed E-state index contributed by atoms with van der Waals surface area (Å²) in [6.07, 6.45) is 0.969. The van der Waals surface area contributed by atoms with Gasteiger partial charge in [-0.3, -0.25) is 10.1 Å². The molecule has 1 atom stereocenters. The van der Waals surface area contributed by atoms with E-state index in [2.05, 4.69) is 39.2 Å². The van der Waals surface area contributed by atoms with E-state index in [1.165, 1.54) is 27.5 Å². The number of thiocarbonyl (C=S) groups is 1. The van der Waals surface area contributed by atoms with Crippen LogP contribution < -0.4 is 5.32 Å². The third-order valence-electron chi connectivity index (χ3n) is 4.37. The fourth-order valence-corrected chi connectivity index (χ4v) is 5.22. The minimum atomic E-state index is -0.405. The zero-order valence-corrected chi connectivity index (χ0v) is 16.1. The molecule has 1 aliphatic heterocycles. The Labute approximate surface area is 164 Å². The molecule has 1 N–H and O–H groups in total. The first-order valence-corrected chi connectivity index (χ1v) is 10.2. The van der Waals surface area contributed by atoms with Crippen LogP contribution in [-0.4, -0.2) is 21.5 Å². The van der Waals surface area contributed by atoms with Crippen molar-refractivity contribution in [3.8, 4) is 0 Å². The molecule has 2 aromatic heterocycles.